The summed E-state index contributed by atoms with van der Waals surface area (Å²) in [4.78, 5) is 58.7. The number of aliphatic hydroxyl groups excluding tert-OH is 1. The molecular weight excluding hydrogens is 678 g/mol. The Labute approximate surface area is 290 Å². The van der Waals surface area contributed by atoms with Crippen LogP contribution in [0.25, 0.3) is 0 Å². The van der Waals surface area contributed by atoms with Crippen molar-refractivity contribution in [3.05, 3.63) is 97.1 Å². The highest BCUT2D eigenvalue weighted by Crippen LogP contribution is 2.60. The van der Waals surface area contributed by atoms with Gasteiger partial charge in [-0.25, -0.2) is 0 Å². The number of esters is 1. The van der Waals surface area contributed by atoms with Gasteiger partial charge in [-0.15, -0.1) is 13.2 Å². The zero-order chi connectivity index (χ0) is 34.4. The number of carbonyl (C=O) groups is 4. The predicted molar refractivity (Wildman–Crippen MR) is 183 cm³/mol. The van der Waals surface area contributed by atoms with Crippen molar-refractivity contribution in [3.8, 4) is 0 Å². The van der Waals surface area contributed by atoms with Crippen LogP contribution in [0.15, 0.2) is 86.0 Å². The van der Waals surface area contributed by atoms with Crippen LogP contribution in [0, 0.1) is 11.8 Å². The summed E-state index contributed by atoms with van der Waals surface area (Å²) in [6, 6.07) is 17.1. The molecule has 3 aliphatic heterocycles. The second kappa shape index (κ2) is 15.6. The fraction of sp³-hybridized carbons (Fsp3) is 0.459. The number of nitrogens with one attached hydrogen (secondary N) is 1. The maximum Gasteiger partial charge on any atom is 0.313 e. The van der Waals surface area contributed by atoms with Gasteiger partial charge in [0.15, 0.2) is 0 Å². The number of likely N-dealkylation sites (tertiary alicyclic amines) is 1. The van der Waals surface area contributed by atoms with E-state index < -0.39 is 47.7 Å². The number of hydrogen-bond donors (Lipinski definition) is 2. The van der Waals surface area contributed by atoms with Gasteiger partial charge in [0.25, 0.3) is 0 Å². The Morgan fingerprint density at radius 1 is 1.15 bits per heavy atom. The fourth-order valence-electron chi connectivity index (χ4n) is 7.46. The molecule has 1 spiro atoms. The molecule has 2 aromatic rings. The first-order chi connectivity index (χ1) is 23.2. The highest BCUT2D eigenvalue weighted by molar-refractivity contribution is 9.09. The molecule has 3 fully saturated rings. The molecule has 3 amide bonds. The first kappa shape index (κ1) is 35.5. The summed E-state index contributed by atoms with van der Waals surface area (Å²) in [5.74, 6) is -3.47. The lowest BCUT2D eigenvalue weighted by molar-refractivity contribution is -0.162. The zero-order valence-electron chi connectivity index (χ0n) is 27.2. The van der Waals surface area contributed by atoms with E-state index in [0.717, 1.165) is 5.56 Å². The Kier molecular flexibility index (Phi) is 11.5. The summed E-state index contributed by atoms with van der Waals surface area (Å²) in [6.45, 7) is 9.80. The summed E-state index contributed by atoms with van der Waals surface area (Å²) in [5.41, 5.74) is 0.324. The van der Waals surface area contributed by atoms with Crippen molar-refractivity contribution < 1.29 is 33.8 Å². The first-order valence-corrected chi connectivity index (χ1v) is 17.4. The fourth-order valence-corrected chi connectivity index (χ4v) is 8.41. The molecule has 2 aromatic carbocycles. The average Bonchev–Trinajstić information content (AvgIpc) is 3.68. The van der Waals surface area contributed by atoms with E-state index in [9.17, 15) is 24.3 Å². The molecule has 2 N–H and O–H groups in total. The van der Waals surface area contributed by atoms with Gasteiger partial charge in [-0.1, -0.05) is 88.7 Å². The average molecular weight is 723 g/mol. The summed E-state index contributed by atoms with van der Waals surface area (Å²) >= 11 is 3.71. The molecule has 0 saturated carbocycles. The van der Waals surface area contributed by atoms with Crippen LogP contribution in [0.5, 0.6) is 0 Å². The van der Waals surface area contributed by atoms with Gasteiger partial charge in [0, 0.05) is 37.5 Å². The molecule has 0 aromatic heterocycles. The number of alkyl halides is 1. The van der Waals surface area contributed by atoms with Crippen molar-refractivity contribution in [1.29, 1.82) is 0 Å². The van der Waals surface area contributed by atoms with Crippen LogP contribution in [0.2, 0.25) is 0 Å². The molecular formula is C37H44BrN3O7. The van der Waals surface area contributed by atoms with Gasteiger partial charge >= 0.3 is 5.97 Å². The lowest BCUT2D eigenvalue weighted by Crippen LogP contribution is -2.56. The van der Waals surface area contributed by atoms with Gasteiger partial charge in [0.2, 0.25) is 17.7 Å². The van der Waals surface area contributed by atoms with E-state index in [2.05, 4.69) is 34.4 Å². The largest absolute Gasteiger partial charge is 0.455 e. The topological polar surface area (TPSA) is 125 Å². The molecule has 5 rings (SSSR count). The van der Waals surface area contributed by atoms with E-state index in [1.165, 1.54) is 4.90 Å². The van der Waals surface area contributed by atoms with Gasteiger partial charge in [-0.05, 0) is 37.3 Å². The molecule has 0 aliphatic carbocycles. The SMILES string of the molecule is C=CCCC(=O)N[C@@H](C)[C@H](OC(=O)[C@@H]1[C@H]2O[C@@]3(CC2Br)[C@H](C(=O)N(CC=C)Cc2ccccc2)N(CCCO)C(=O)[C@@H]13)c1ccccc1. The number of carbonyl (C=O) groups excluding carboxylic acids is 4. The van der Waals surface area contributed by atoms with Gasteiger partial charge < -0.3 is 29.7 Å². The van der Waals surface area contributed by atoms with Crippen molar-refractivity contribution in [2.24, 2.45) is 11.8 Å². The van der Waals surface area contributed by atoms with Crippen LogP contribution in [0.3, 0.4) is 0 Å². The third-order valence-electron chi connectivity index (χ3n) is 9.52. The molecule has 11 heteroatoms. The Morgan fingerprint density at radius 3 is 2.48 bits per heavy atom. The number of ether oxygens (including phenoxy) is 2. The molecule has 256 valence electrons. The first-order valence-electron chi connectivity index (χ1n) is 16.5. The lowest BCUT2D eigenvalue weighted by atomic mass is 9.70. The van der Waals surface area contributed by atoms with Crippen LogP contribution in [0.1, 0.15) is 49.8 Å². The highest BCUT2D eigenvalue weighted by Gasteiger charge is 2.77. The standard InChI is InChI=1S/C37H44BrN3O7/c1-4-6-18-28(43)39-24(3)31(26-16-11-8-12-17-26)47-36(46)29-30-34(44)41(20-13-21-42)33(37(30)22-27(38)32(29)48-37)35(45)40(19-5-2)23-25-14-9-7-10-15-25/h4-5,7-12,14-17,24,27,29-33,42H,1-2,6,13,18-23H2,3H3,(H,39,43)/t24-,27?,29-,30+,31-,32-,33-,37+/m0/s1. The van der Waals surface area contributed by atoms with Crippen molar-refractivity contribution in [3.63, 3.8) is 0 Å². The van der Waals surface area contributed by atoms with Gasteiger partial charge in [0.1, 0.15) is 17.7 Å². The van der Waals surface area contributed by atoms with Gasteiger partial charge in [-0.3, -0.25) is 19.2 Å². The maximum atomic E-state index is 14.6. The number of allylic oxidation sites excluding steroid dienone is 1. The van der Waals surface area contributed by atoms with E-state index in [4.69, 9.17) is 9.47 Å². The number of rotatable bonds is 16. The summed E-state index contributed by atoms with van der Waals surface area (Å²) in [6.07, 6.45) is 3.12. The van der Waals surface area contributed by atoms with E-state index in [1.54, 1.807) is 24.0 Å². The number of nitrogens with zero attached hydrogens (tertiary/aromatic N) is 2. The third kappa shape index (κ3) is 6.99. The van der Waals surface area contributed by atoms with Crippen LogP contribution >= 0.6 is 15.9 Å². The molecule has 1 unspecified atom stereocenters. The van der Waals surface area contributed by atoms with Crippen LogP contribution < -0.4 is 5.32 Å². The van der Waals surface area contributed by atoms with E-state index in [1.807, 2.05) is 60.7 Å². The Bertz CT molecular complexity index is 1490. The minimum Gasteiger partial charge on any atom is -0.455 e. The van der Waals surface area contributed by atoms with E-state index in [-0.39, 0.29) is 55.1 Å². The van der Waals surface area contributed by atoms with Crippen molar-refractivity contribution in [2.45, 2.75) is 73.9 Å². The van der Waals surface area contributed by atoms with Gasteiger partial charge in [0.05, 0.1) is 24.0 Å². The summed E-state index contributed by atoms with van der Waals surface area (Å²) < 4.78 is 12.9. The number of halogens is 1. The lowest BCUT2D eigenvalue weighted by Gasteiger charge is -2.37. The molecule has 8 atom stereocenters. The molecule has 2 bridgehead atoms. The Hall–Kier alpha value is -3.80. The molecule has 3 saturated heterocycles. The minimum absolute atomic E-state index is 0.125. The Balaban J connectivity index is 1.47. The number of benzene rings is 2. The number of aliphatic hydroxyl groups is 1. The Morgan fingerprint density at radius 2 is 1.83 bits per heavy atom. The molecule has 3 aliphatic rings. The maximum absolute atomic E-state index is 14.6. The third-order valence-corrected chi connectivity index (χ3v) is 10.4. The summed E-state index contributed by atoms with van der Waals surface area (Å²) in [7, 11) is 0. The second-order valence-electron chi connectivity index (χ2n) is 12.7. The second-order valence-corrected chi connectivity index (χ2v) is 13.9. The number of amides is 3. The van der Waals surface area contributed by atoms with Gasteiger partial charge in [-0.2, -0.15) is 0 Å². The van der Waals surface area contributed by atoms with E-state index >= 15 is 0 Å². The minimum atomic E-state index is -1.28. The monoisotopic (exact) mass is 721 g/mol. The van der Waals surface area contributed by atoms with E-state index in [0.29, 0.717) is 24.9 Å². The molecule has 3 heterocycles. The molecule has 10 nitrogen and oxygen atoms in total. The summed E-state index contributed by atoms with van der Waals surface area (Å²) in [5, 5.41) is 12.7. The smallest absolute Gasteiger partial charge is 0.313 e. The molecule has 0 radical (unpaired) electrons. The van der Waals surface area contributed by atoms with Crippen LogP contribution in [-0.2, 0) is 35.2 Å². The predicted octanol–water partition coefficient (Wildman–Crippen LogP) is 4.09. The quantitative estimate of drug-likeness (QED) is 0.152. The zero-order valence-corrected chi connectivity index (χ0v) is 28.8. The highest BCUT2D eigenvalue weighted by atomic mass is 79.9. The normalized spacial score (nSPS) is 26.8. The molecule has 48 heavy (non-hydrogen) atoms. The number of fused-ring (bicyclic) bond motifs is 1. The van der Waals surface area contributed by atoms with Crippen molar-refractivity contribution in [1.82, 2.24) is 15.1 Å². The van der Waals surface area contributed by atoms with Crippen LogP contribution in [-0.4, -0.2) is 86.9 Å². The van der Waals surface area contributed by atoms with Crippen molar-refractivity contribution in [2.75, 3.05) is 19.7 Å². The number of hydrogen-bond acceptors (Lipinski definition) is 7. The van der Waals surface area contributed by atoms with Crippen LogP contribution in [0.4, 0.5) is 0 Å². The van der Waals surface area contributed by atoms with Crippen molar-refractivity contribution >= 4 is 39.6 Å².